The van der Waals surface area contributed by atoms with Crippen molar-refractivity contribution in [1.29, 1.82) is 0 Å². The van der Waals surface area contributed by atoms with Gasteiger partial charge >= 0.3 is 0 Å². The van der Waals surface area contributed by atoms with Gasteiger partial charge in [-0.15, -0.1) is 0 Å². The highest BCUT2D eigenvalue weighted by molar-refractivity contribution is 5.16. The molecule has 5 nitrogen and oxygen atoms in total. The smallest absolute Gasteiger partial charge is 0.171 e. The molecule has 6 aliphatic rings. The molecule has 6 fully saturated rings. The van der Waals surface area contributed by atoms with E-state index in [0.29, 0.717) is 48.3 Å². The van der Waals surface area contributed by atoms with Gasteiger partial charge in [-0.3, -0.25) is 0 Å². The highest BCUT2D eigenvalue weighted by atomic mass is 16.7. The third kappa shape index (κ3) is 2.81. The maximum absolute atomic E-state index is 11.3. The Morgan fingerprint density at radius 3 is 2.28 bits per heavy atom. The predicted octanol–water partition coefficient (Wildman–Crippen LogP) is 3.74. The zero-order chi connectivity index (χ0) is 22.6. The summed E-state index contributed by atoms with van der Waals surface area (Å²) in [5, 5.41) is 32.1. The Morgan fingerprint density at radius 2 is 1.56 bits per heavy atom. The Bertz CT molecular complexity index is 748. The van der Waals surface area contributed by atoms with Crippen LogP contribution in [0.1, 0.15) is 79.1 Å². The van der Waals surface area contributed by atoms with Gasteiger partial charge in [0.1, 0.15) is 0 Å². The van der Waals surface area contributed by atoms with Gasteiger partial charge in [0.2, 0.25) is 0 Å². The van der Waals surface area contributed by atoms with Crippen LogP contribution in [-0.4, -0.2) is 52.1 Å². The van der Waals surface area contributed by atoms with Gasteiger partial charge in [-0.2, -0.15) is 0 Å². The van der Waals surface area contributed by atoms with E-state index in [4.69, 9.17) is 9.47 Å². The van der Waals surface area contributed by atoms with Crippen LogP contribution in [0.25, 0.3) is 0 Å². The highest BCUT2D eigenvalue weighted by Gasteiger charge is 2.70. The standard InChI is InChI=1S/C27H44O5/c1-14-5-8-27(31-13-14)15(2)24-23(32-27)11-18-16-9-20(28)19-10-21(29)22(30)12-26(19,4)17(16)6-7-25(18,24)3/h14-24,28-30H,5-13H2,1-4H3/t14-,15-,16+,17-,18-,19+,20+,21+,22-,23-,24-,25-,26+,27+/m0/s1. The molecule has 4 aliphatic carbocycles. The monoisotopic (exact) mass is 448 g/mol. The number of fused-ring (bicyclic) bond motifs is 7. The lowest BCUT2D eigenvalue weighted by Gasteiger charge is -2.62. The Morgan fingerprint density at radius 1 is 0.781 bits per heavy atom. The van der Waals surface area contributed by atoms with Crippen molar-refractivity contribution in [3.63, 3.8) is 0 Å². The fourth-order valence-corrected chi connectivity index (χ4v) is 10.3. The van der Waals surface area contributed by atoms with E-state index in [0.717, 1.165) is 25.9 Å². The number of ether oxygens (including phenoxy) is 2. The zero-order valence-electron chi connectivity index (χ0n) is 20.4. The van der Waals surface area contributed by atoms with Crippen molar-refractivity contribution < 1.29 is 24.8 Å². The molecule has 2 aliphatic heterocycles. The third-order valence-electron chi connectivity index (χ3n) is 12.0. The number of aliphatic hydroxyl groups is 3. The summed E-state index contributed by atoms with van der Waals surface area (Å²) in [6, 6.07) is 0. The van der Waals surface area contributed by atoms with Crippen LogP contribution in [0.15, 0.2) is 0 Å². The van der Waals surface area contributed by atoms with Crippen LogP contribution in [0.4, 0.5) is 0 Å². The second-order valence-corrected chi connectivity index (χ2v) is 13.4. The van der Waals surface area contributed by atoms with E-state index < -0.39 is 12.2 Å². The van der Waals surface area contributed by atoms with Crippen LogP contribution in [0, 0.1) is 52.3 Å². The van der Waals surface area contributed by atoms with Crippen LogP contribution in [0.3, 0.4) is 0 Å². The average Bonchev–Trinajstić information content (AvgIpc) is 3.18. The molecule has 0 radical (unpaired) electrons. The van der Waals surface area contributed by atoms with E-state index in [2.05, 4.69) is 27.7 Å². The average molecular weight is 449 g/mol. The van der Waals surface area contributed by atoms with E-state index in [9.17, 15) is 15.3 Å². The Hall–Kier alpha value is -0.200. The molecule has 4 saturated carbocycles. The summed E-state index contributed by atoms with van der Waals surface area (Å²) in [6.07, 6.45) is 6.22. The summed E-state index contributed by atoms with van der Waals surface area (Å²) in [4.78, 5) is 0. The van der Waals surface area contributed by atoms with E-state index in [1.807, 2.05) is 0 Å². The minimum Gasteiger partial charge on any atom is -0.393 e. The normalized spacial score (nSPS) is 64.0. The molecule has 32 heavy (non-hydrogen) atoms. The first kappa shape index (κ1) is 22.3. The first-order valence-electron chi connectivity index (χ1n) is 13.4. The van der Waals surface area contributed by atoms with Crippen molar-refractivity contribution in [3.05, 3.63) is 0 Å². The molecule has 0 aromatic carbocycles. The van der Waals surface area contributed by atoms with Gasteiger partial charge in [0.05, 0.1) is 31.0 Å². The van der Waals surface area contributed by atoms with Gasteiger partial charge in [0.25, 0.3) is 0 Å². The molecule has 0 aromatic heterocycles. The molecular weight excluding hydrogens is 404 g/mol. The SMILES string of the molecule is C[C@H]1CC[C@@]2(OC1)O[C@H]1C[C@H]3[C@@H]4C[C@@H](O)[C@H]5C[C@@H](O)[C@@H](O)C[C@]5(C)[C@H]4CC[C@]3(C)[C@H]1[C@@H]2C. The number of rotatable bonds is 0. The fourth-order valence-electron chi connectivity index (χ4n) is 10.3. The molecule has 0 aromatic rings. The van der Waals surface area contributed by atoms with Gasteiger partial charge in [-0.1, -0.05) is 27.7 Å². The first-order valence-corrected chi connectivity index (χ1v) is 13.4. The first-order chi connectivity index (χ1) is 15.1. The minimum atomic E-state index is -0.692. The molecule has 6 rings (SSSR count). The van der Waals surface area contributed by atoms with Crippen molar-refractivity contribution in [2.45, 2.75) is 109 Å². The van der Waals surface area contributed by atoms with E-state index >= 15 is 0 Å². The van der Waals surface area contributed by atoms with E-state index in [1.165, 1.54) is 19.3 Å². The third-order valence-corrected chi connectivity index (χ3v) is 12.0. The fraction of sp³-hybridized carbons (Fsp3) is 1.00. The van der Waals surface area contributed by atoms with Crippen LogP contribution < -0.4 is 0 Å². The Kier molecular flexibility index (Phi) is 4.99. The molecule has 1 spiro atoms. The lowest BCUT2D eigenvalue weighted by molar-refractivity contribution is -0.273. The highest BCUT2D eigenvalue weighted by Crippen LogP contribution is 2.71. The quantitative estimate of drug-likeness (QED) is 0.526. The summed E-state index contributed by atoms with van der Waals surface area (Å²) in [5.41, 5.74) is 0.146. The lowest BCUT2D eigenvalue weighted by atomic mass is 9.43. The number of hydrogen-bond acceptors (Lipinski definition) is 5. The summed E-state index contributed by atoms with van der Waals surface area (Å²) >= 11 is 0. The van der Waals surface area contributed by atoms with Crippen LogP contribution >= 0.6 is 0 Å². The van der Waals surface area contributed by atoms with Gasteiger partial charge in [-0.25, -0.2) is 0 Å². The maximum Gasteiger partial charge on any atom is 0.171 e. The van der Waals surface area contributed by atoms with Gasteiger partial charge in [0, 0.05) is 12.3 Å². The van der Waals surface area contributed by atoms with Crippen LogP contribution in [-0.2, 0) is 9.47 Å². The predicted molar refractivity (Wildman–Crippen MR) is 121 cm³/mol. The zero-order valence-corrected chi connectivity index (χ0v) is 20.4. The van der Waals surface area contributed by atoms with Crippen molar-refractivity contribution in [1.82, 2.24) is 0 Å². The molecule has 3 N–H and O–H groups in total. The second-order valence-electron chi connectivity index (χ2n) is 13.4. The summed E-state index contributed by atoms with van der Waals surface area (Å²) < 4.78 is 13.3. The molecule has 182 valence electrons. The number of aliphatic hydroxyl groups excluding tert-OH is 3. The maximum atomic E-state index is 11.3. The summed E-state index contributed by atoms with van der Waals surface area (Å²) in [7, 11) is 0. The van der Waals surface area contributed by atoms with Crippen LogP contribution in [0.5, 0.6) is 0 Å². The molecule has 5 heteroatoms. The Labute approximate surface area is 193 Å². The van der Waals surface area contributed by atoms with Gasteiger partial charge in [0.15, 0.2) is 5.79 Å². The molecule has 2 saturated heterocycles. The van der Waals surface area contributed by atoms with E-state index in [1.54, 1.807) is 0 Å². The minimum absolute atomic E-state index is 0.0870. The molecule has 0 bridgehead atoms. The van der Waals surface area contributed by atoms with Crippen LogP contribution in [0.2, 0.25) is 0 Å². The molecule has 14 atom stereocenters. The van der Waals surface area contributed by atoms with Crippen molar-refractivity contribution >= 4 is 0 Å². The van der Waals surface area contributed by atoms with Crippen molar-refractivity contribution in [2.24, 2.45) is 52.3 Å². The van der Waals surface area contributed by atoms with Gasteiger partial charge in [-0.05, 0) is 91.3 Å². The largest absolute Gasteiger partial charge is 0.393 e. The van der Waals surface area contributed by atoms with Crippen molar-refractivity contribution in [3.8, 4) is 0 Å². The molecular formula is C27H44O5. The van der Waals surface area contributed by atoms with Crippen molar-refractivity contribution in [2.75, 3.05) is 6.61 Å². The Balaban J connectivity index is 1.28. The molecule has 0 amide bonds. The van der Waals surface area contributed by atoms with E-state index in [-0.39, 0.29) is 34.7 Å². The second kappa shape index (κ2) is 7.16. The lowest BCUT2D eigenvalue weighted by Crippen LogP contribution is -2.61. The molecule has 0 unspecified atom stereocenters. The summed E-state index contributed by atoms with van der Waals surface area (Å²) in [5.74, 6) is 2.86. The topological polar surface area (TPSA) is 79.2 Å². The summed E-state index contributed by atoms with van der Waals surface area (Å²) in [6.45, 7) is 10.3. The number of hydrogen-bond donors (Lipinski definition) is 3. The van der Waals surface area contributed by atoms with Gasteiger partial charge < -0.3 is 24.8 Å². The molecule has 2 heterocycles.